The molecule has 1 amide bonds. The number of hydrogen-bond donors (Lipinski definition) is 0. The maximum atomic E-state index is 12.6. The molecule has 0 aromatic heterocycles. The summed E-state index contributed by atoms with van der Waals surface area (Å²) in [7, 11) is 0. The van der Waals surface area contributed by atoms with Crippen molar-refractivity contribution in [1.82, 2.24) is 9.80 Å². The van der Waals surface area contributed by atoms with Crippen LogP contribution >= 0.6 is 0 Å². The van der Waals surface area contributed by atoms with Gasteiger partial charge in [0, 0.05) is 6.42 Å². The lowest BCUT2D eigenvalue weighted by atomic mass is 10.0. The van der Waals surface area contributed by atoms with Crippen molar-refractivity contribution in [3.05, 3.63) is 35.9 Å². The van der Waals surface area contributed by atoms with Gasteiger partial charge in [-0.05, 0) is 38.4 Å². The van der Waals surface area contributed by atoms with E-state index in [2.05, 4.69) is 24.0 Å². The highest BCUT2D eigenvalue weighted by Gasteiger charge is 2.59. The lowest BCUT2D eigenvalue weighted by molar-refractivity contribution is -0.139. The Hall–Kier alpha value is -1.39. The first-order chi connectivity index (χ1) is 10.2. The fourth-order valence-corrected chi connectivity index (χ4v) is 4.27. The molecule has 3 saturated heterocycles. The minimum absolute atomic E-state index is 0.0660. The van der Waals surface area contributed by atoms with E-state index in [9.17, 15) is 4.79 Å². The lowest BCUT2D eigenvalue weighted by Crippen LogP contribution is -2.52. The molecule has 1 aromatic rings. The molecule has 3 aliphatic heterocycles. The third-order valence-corrected chi connectivity index (χ3v) is 5.34. The van der Waals surface area contributed by atoms with Crippen molar-refractivity contribution in [2.24, 2.45) is 0 Å². The van der Waals surface area contributed by atoms with E-state index in [1.54, 1.807) is 0 Å². The quantitative estimate of drug-likeness (QED) is 0.835. The highest BCUT2D eigenvalue weighted by Crippen LogP contribution is 2.46. The van der Waals surface area contributed by atoms with Gasteiger partial charge in [-0.2, -0.15) is 0 Å². The fourth-order valence-electron chi connectivity index (χ4n) is 4.27. The zero-order valence-corrected chi connectivity index (χ0v) is 12.5. The van der Waals surface area contributed by atoms with Gasteiger partial charge in [0.25, 0.3) is 0 Å². The van der Waals surface area contributed by atoms with Crippen LogP contribution in [0.2, 0.25) is 0 Å². The average Bonchev–Trinajstić information content (AvgIpc) is 3.17. The zero-order chi connectivity index (χ0) is 14.4. The van der Waals surface area contributed by atoms with Crippen LogP contribution in [0.1, 0.15) is 37.8 Å². The zero-order valence-electron chi connectivity index (χ0n) is 12.5. The van der Waals surface area contributed by atoms with Gasteiger partial charge < -0.3 is 9.64 Å². The molecule has 3 atom stereocenters. The van der Waals surface area contributed by atoms with E-state index >= 15 is 0 Å². The smallest absolute Gasteiger partial charge is 0.227 e. The molecule has 3 aliphatic rings. The summed E-state index contributed by atoms with van der Waals surface area (Å²) < 4.78 is 6.19. The Kier molecular flexibility index (Phi) is 3.05. The van der Waals surface area contributed by atoms with Gasteiger partial charge in [-0.15, -0.1) is 0 Å². The molecule has 0 N–H and O–H groups in total. The van der Waals surface area contributed by atoms with Crippen LogP contribution in [0.3, 0.4) is 0 Å². The number of benzene rings is 1. The molecular formula is C17H22N2O2. The number of fused-ring (bicyclic) bond motifs is 1. The van der Waals surface area contributed by atoms with Crippen molar-refractivity contribution in [1.29, 1.82) is 0 Å². The Morgan fingerprint density at radius 3 is 2.62 bits per heavy atom. The monoisotopic (exact) mass is 286 g/mol. The van der Waals surface area contributed by atoms with Crippen LogP contribution in [0.5, 0.6) is 0 Å². The second-order valence-corrected chi connectivity index (χ2v) is 6.52. The minimum Gasteiger partial charge on any atom is -0.352 e. The van der Waals surface area contributed by atoms with Crippen molar-refractivity contribution >= 4 is 5.91 Å². The van der Waals surface area contributed by atoms with E-state index in [1.165, 1.54) is 18.4 Å². The number of rotatable bonds is 2. The number of likely N-dealkylation sites (tertiary alicyclic amines) is 1. The first kappa shape index (κ1) is 13.3. The summed E-state index contributed by atoms with van der Waals surface area (Å²) in [5, 5.41) is 0. The molecule has 0 bridgehead atoms. The maximum absolute atomic E-state index is 12.6. The van der Waals surface area contributed by atoms with Gasteiger partial charge in [-0.1, -0.05) is 30.3 Å². The van der Waals surface area contributed by atoms with E-state index in [1.807, 2.05) is 23.1 Å². The summed E-state index contributed by atoms with van der Waals surface area (Å²) in [6, 6.07) is 10.5. The maximum Gasteiger partial charge on any atom is 0.227 e. The van der Waals surface area contributed by atoms with E-state index in [4.69, 9.17) is 4.74 Å². The van der Waals surface area contributed by atoms with Gasteiger partial charge in [-0.25, -0.2) is 0 Å². The van der Waals surface area contributed by atoms with Crippen LogP contribution in [-0.4, -0.2) is 47.2 Å². The standard InChI is InChI=1S/C17H22N2O2/c1-17-15(18-9-5-6-10-18)11-16(20)19(17)14(12-21-17)13-7-3-2-4-8-13/h2-4,7-8,14-15H,5-6,9-12H2,1H3/t14-,15-,17-/m1/s1. The molecule has 4 nitrogen and oxygen atoms in total. The minimum atomic E-state index is -0.456. The van der Waals surface area contributed by atoms with Gasteiger partial charge in [0.1, 0.15) is 0 Å². The average molecular weight is 286 g/mol. The van der Waals surface area contributed by atoms with E-state index in [0.29, 0.717) is 13.0 Å². The van der Waals surface area contributed by atoms with Gasteiger partial charge >= 0.3 is 0 Å². The number of carbonyl (C=O) groups excluding carboxylic acids is 1. The molecule has 3 fully saturated rings. The number of amides is 1. The SMILES string of the molecule is C[C@]12OC[C@H](c3ccccc3)N1C(=O)C[C@H]2N1CCCC1. The summed E-state index contributed by atoms with van der Waals surface area (Å²) in [5.41, 5.74) is 0.721. The molecule has 21 heavy (non-hydrogen) atoms. The topological polar surface area (TPSA) is 32.8 Å². The number of ether oxygens (including phenoxy) is 1. The summed E-state index contributed by atoms with van der Waals surface area (Å²) in [4.78, 5) is 17.1. The molecule has 1 aromatic carbocycles. The number of nitrogens with zero attached hydrogens (tertiary/aromatic N) is 2. The highest BCUT2D eigenvalue weighted by molar-refractivity contribution is 5.81. The molecule has 0 unspecified atom stereocenters. The molecule has 112 valence electrons. The van der Waals surface area contributed by atoms with Gasteiger partial charge in [0.05, 0.1) is 18.7 Å². The Labute approximate surface area is 125 Å². The molecule has 0 radical (unpaired) electrons. The van der Waals surface area contributed by atoms with Crippen molar-refractivity contribution in [3.8, 4) is 0 Å². The van der Waals surface area contributed by atoms with Crippen LogP contribution < -0.4 is 0 Å². The van der Waals surface area contributed by atoms with Gasteiger partial charge in [0.2, 0.25) is 5.91 Å². The van der Waals surface area contributed by atoms with E-state index < -0.39 is 5.72 Å². The van der Waals surface area contributed by atoms with Crippen molar-refractivity contribution < 1.29 is 9.53 Å². The van der Waals surface area contributed by atoms with Crippen LogP contribution in [-0.2, 0) is 9.53 Å². The number of carbonyl (C=O) groups is 1. The Morgan fingerprint density at radius 2 is 1.90 bits per heavy atom. The molecule has 4 heteroatoms. The largest absolute Gasteiger partial charge is 0.352 e. The van der Waals surface area contributed by atoms with Crippen LogP contribution in [0.15, 0.2) is 30.3 Å². The molecular weight excluding hydrogens is 264 g/mol. The Bertz CT molecular complexity index is 541. The van der Waals surface area contributed by atoms with Crippen molar-refractivity contribution in [2.45, 2.75) is 44.0 Å². The predicted molar refractivity (Wildman–Crippen MR) is 79.6 cm³/mol. The second kappa shape index (κ2) is 4.82. The van der Waals surface area contributed by atoms with Gasteiger partial charge in [0.15, 0.2) is 5.72 Å². The highest BCUT2D eigenvalue weighted by atomic mass is 16.5. The Morgan fingerprint density at radius 1 is 1.19 bits per heavy atom. The third kappa shape index (κ3) is 1.93. The predicted octanol–water partition coefficient (Wildman–Crippen LogP) is 2.17. The summed E-state index contributed by atoms with van der Waals surface area (Å²) in [6.07, 6.45) is 3.08. The normalized spacial score (nSPS) is 36.4. The van der Waals surface area contributed by atoms with Crippen LogP contribution in [0.25, 0.3) is 0 Å². The molecule has 3 heterocycles. The molecule has 0 saturated carbocycles. The summed E-state index contributed by atoms with van der Waals surface area (Å²) >= 11 is 0. The summed E-state index contributed by atoms with van der Waals surface area (Å²) in [5.74, 6) is 0.237. The summed E-state index contributed by atoms with van der Waals surface area (Å²) in [6.45, 7) is 4.90. The van der Waals surface area contributed by atoms with E-state index in [-0.39, 0.29) is 18.0 Å². The second-order valence-electron chi connectivity index (χ2n) is 6.52. The Balaban J connectivity index is 1.65. The number of hydrogen-bond acceptors (Lipinski definition) is 3. The first-order valence-electron chi connectivity index (χ1n) is 7.95. The van der Waals surface area contributed by atoms with E-state index in [0.717, 1.165) is 13.1 Å². The third-order valence-electron chi connectivity index (χ3n) is 5.34. The molecule has 4 rings (SSSR count). The van der Waals surface area contributed by atoms with Gasteiger partial charge in [-0.3, -0.25) is 9.69 Å². The van der Waals surface area contributed by atoms with Crippen molar-refractivity contribution in [2.75, 3.05) is 19.7 Å². The van der Waals surface area contributed by atoms with Crippen LogP contribution in [0.4, 0.5) is 0 Å². The van der Waals surface area contributed by atoms with Crippen LogP contribution in [0, 0.1) is 0 Å². The van der Waals surface area contributed by atoms with Crippen molar-refractivity contribution in [3.63, 3.8) is 0 Å². The first-order valence-corrected chi connectivity index (χ1v) is 7.95. The molecule has 0 aliphatic carbocycles. The fraction of sp³-hybridized carbons (Fsp3) is 0.588. The molecule has 0 spiro atoms. The lowest BCUT2D eigenvalue weighted by Gasteiger charge is -2.37.